The summed E-state index contributed by atoms with van der Waals surface area (Å²) in [7, 11) is 6.38. The molecule has 1 aromatic rings. The van der Waals surface area contributed by atoms with Gasteiger partial charge in [0.1, 0.15) is 5.75 Å². The first-order valence-corrected chi connectivity index (χ1v) is 8.24. The lowest BCUT2D eigenvalue weighted by Crippen LogP contribution is -2.25. The molecule has 0 spiro atoms. The van der Waals surface area contributed by atoms with Crippen molar-refractivity contribution in [3.8, 4) is 5.75 Å². The third-order valence-corrected chi connectivity index (χ3v) is 3.96. The maximum absolute atomic E-state index is 5.75. The average molecular weight is 306 g/mol. The van der Waals surface area contributed by atoms with Crippen molar-refractivity contribution in [2.45, 2.75) is 26.4 Å². The molecule has 0 N–H and O–H groups in total. The van der Waals surface area contributed by atoms with Crippen LogP contribution in [0.1, 0.15) is 24.5 Å². The number of ether oxygens (including phenoxy) is 2. The first-order chi connectivity index (χ1) is 10.6. The van der Waals surface area contributed by atoms with Gasteiger partial charge in [-0.25, -0.2) is 0 Å². The van der Waals surface area contributed by atoms with E-state index in [0.717, 1.165) is 38.6 Å². The zero-order valence-electron chi connectivity index (χ0n) is 14.5. The minimum Gasteiger partial charge on any atom is -0.494 e. The molecule has 2 rings (SSSR count). The normalized spacial score (nSPS) is 18.4. The third kappa shape index (κ3) is 5.27. The standard InChI is InChI=1S/C18H30N2O2/c1-5-22-18-7-6-15(10-17(18)13-19(2)3)11-20(4)12-16-8-9-21-14-16/h6-7,10,16H,5,8-9,11-14H2,1-4H3. The highest BCUT2D eigenvalue weighted by molar-refractivity contribution is 5.37. The van der Waals surface area contributed by atoms with Crippen molar-refractivity contribution in [3.63, 3.8) is 0 Å². The molecule has 0 amide bonds. The van der Waals surface area contributed by atoms with Gasteiger partial charge >= 0.3 is 0 Å². The lowest BCUT2D eigenvalue weighted by atomic mass is 10.1. The summed E-state index contributed by atoms with van der Waals surface area (Å²) in [6, 6.07) is 6.59. The van der Waals surface area contributed by atoms with Crippen LogP contribution in [0, 0.1) is 5.92 Å². The molecule has 1 saturated heterocycles. The summed E-state index contributed by atoms with van der Waals surface area (Å²) in [5.74, 6) is 1.70. The highest BCUT2D eigenvalue weighted by atomic mass is 16.5. The van der Waals surface area contributed by atoms with Crippen LogP contribution in [-0.2, 0) is 17.8 Å². The van der Waals surface area contributed by atoms with Gasteiger partial charge in [0.05, 0.1) is 13.2 Å². The predicted octanol–water partition coefficient (Wildman–Crippen LogP) is 2.62. The lowest BCUT2D eigenvalue weighted by molar-refractivity contribution is 0.173. The first kappa shape index (κ1) is 17.3. The van der Waals surface area contributed by atoms with E-state index in [2.05, 4.69) is 49.1 Å². The van der Waals surface area contributed by atoms with Gasteiger partial charge in [0, 0.05) is 31.8 Å². The summed E-state index contributed by atoms with van der Waals surface area (Å²) in [5.41, 5.74) is 2.61. The molecule has 1 atom stereocenters. The van der Waals surface area contributed by atoms with Gasteiger partial charge in [-0.2, -0.15) is 0 Å². The van der Waals surface area contributed by atoms with E-state index in [-0.39, 0.29) is 0 Å². The minimum atomic E-state index is 0.689. The third-order valence-electron chi connectivity index (χ3n) is 3.96. The average Bonchev–Trinajstić information content (AvgIpc) is 2.94. The van der Waals surface area contributed by atoms with Gasteiger partial charge in [-0.15, -0.1) is 0 Å². The van der Waals surface area contributed by atoms with Gasteiger partial charge < -0.3 is 19.3 Å². The predicted molar refractivity (Wildman–Crippen MR) is 90.3 cm³/mol. The summed E-state index contributed by atoms with van der Waals surface area (Å²) in [6.07, 6.45) is 1.19. The topological polar surface area (TPSA) is 24.9 Å². The lowest BCUT2D eigenvalue weighted by Gasteiger charge is -2.21. The summed E-state index contributed by atoms with van der Waals surface area (Å²) in [6.45, 7) is 7.57. The smallest absolute Gasteiger partial charge is 0.123 e. The molecule has 22 heavy (non-hydrogen) atoms. The molecule has 0 bridgehead atoms. The molecule has 1 unspecified atom stereocenters. The Morgan fingerprint density at radius 1 is 1.23 bits per heavy atom. The van der Waals surface area contributed by atoms with Crippen LogP contribution < -0.4 is 4.74 Å². The Kier molecular flexibility index (Phi) is 6.68. The second-order valence-electron chi connectivity index (χ2n) is 6.54. The Morgan fingerprint density at radius 2 is 2.05 bits per heavy atom. The van der Waals surface area contributed by atoms with Crippen molar-refractivity contribution in [3.05, 3.63) is 29.3 Å². The van der Waals surface area contributed by atoms with Crippen molar-refractivity contribution in [1.82, 2.24) is 9.80 Å². The van der Waals surface area contributed by atoms with Crippen LogP contribution in [0.2, 0.25) is 0 Å². The van der Waals surface area contributed by atoms with E-state index in [1.165, 1.54) is 17.5 Å². The van der Waals surface area contributed by atoms with Crippen LogP contribution in [0.25, 0.3) is 0 Å². The molecule has 124 valence electrons. The number of hydrogen-bond acceptors (Lipinski definition) is 4. The Balaban J connectivity index is 2.00. The maximum atomic E-state index is 5.75. The summed E-state index contributed by atoms with van der Waals surface area (Å²) >= 11 is 0. The fourth-order valence-electron chi connectivity index (χ4n) is 3.04. The monoisotopic (exact) mass is 306 g/mol. The fraction of sp³-hybridized carbons (Fsp3) is 0.667. The SMILES string of the molecule is CCOc1ccc(CN(C)CC2CCOC2)cc1CN(C)C. The van der Waals surface area contributed by atoms with Gasteiger partial charge in [-0.3, -0.25) is 0 Å². The van der Waals surface area contributed by atoms with Crippen molar-refractivity contribution >= 4 is 0 Å². The first-order valence-electron chi connectivity index (χ1n) is 8.24. The zero-order chi connectivity index (χ0) is 15.9. The molecular formula is C18H30N2O2. The van der Waals surface area contributed by atoms with Crippen LogP contribution in [0.4, 0.5) is 0 Å². The molecule has 0 aromatic heterocycles. The Bertz CT molecular complexity index is 456. The second kappa shape index (κ2) is 8.51. The highest BCUT2D eigenvalue weighted by Crippen LogP contribution is 2.23. The van der Waals surface area contributed by atoms with E-state index >= 15 is 0 Å². The summed E-state index contributed by atoms with van der Waals surface area (Å²) in [4.78, 5) is 4.58. The van der Waals surface area contributed by atoms with E-state index < -0.39 is 0 Å². The molecule has 1 aromatic carbocycles. The molecule has 0 radical (unpaired) electrons. The van der Waals surface area contributed by atoms with Crippen LogP contribution in [0.15, 0.2) is 18.2 Å². The van der Waals surface area contributed by atoms with Crippen LogP contribution in [0.3, 0.4) is 0 Å². The van der Waals surface area contributed by atoms with Gasteiger partial charge in [0.25, 0.3) is 0 Å². The van der Waals surface area contributed by atoms with Crippen LogP contribution in [0.5, 0.6) is 5.75 Å². The molecule has 1 aliphatic heterocycles. The molecular weight excluding hydrogens is 276 g/mol. The van der Waals surface area contributed by atoms with Crippen molar-refractivity contribution in [1.29, 1.82) is 0 Å². The molecule has 1 heterocycles. The maximum Gasteiger partial charge on any atom is 0.123 e. The Morgan fingerprint density at radius 3 is 2.68 bits per heavy atom. The zero-order valence-corrected chi connectivity index (χ0v) is 14.5. The van der Waals surface area contributed by atoms with E-state index in [1.54, 1.807) is 0 Å². The van der Waals surface area contributed by atoms with E-state index in [9.17, 15) is 0 Å². The quantitative estimate of drug-likeness (QED) is 0.737. The Labute approximate surface area is 135 Å². The summed E-state index contributed by atoms with van der Waals surface area (Å²) < 4.78 is 11.2. The molecule has 4 nitrogen and oxygen atoms in total. The van der Waals surface area contributed by atoms with Gasteiger partial charge in [-0.1, -0.05) is 6.07 Å². The van der Waals surface area contributed by atoms with Crippen molar-refractivity contribution in [2.24, 2.45) is 5.92 Å². The number of hydrogen-bond donors (Lipinski definition) is 0. The van der Waals surface area contributed by atoms with E-state index in [4.69, 9.17) is 9.47 Å². The summed E-state index contributed by atoms with van der Waals surface area (Å²) in [5, 5.41) is 0. The van der Waals surface area contributed by atoms with E-state index in [1.807, 2.05) is 6.92 Å². The molecule has 0 saturated carbocycles. The number of nitrogens with zero attached hydrogens (tertiary/aromatic N) is 2. The largest absolute Gasteiger partial charge is 0.494 e. The van der Waals surface area contributed by atoms with Crippen molar-refractivity contribution < 1.29 is 9.47 Å². The fourth-order valence-corrected chi connectivity index (χ4v) is 3.04. The Hall–Kier alpha value is -1.10. The molecule has 1 fully saturated rings. The number of rotatable bonds is 8. The van der Waals surface area contributed by atoms with Gasteiger partial charge in [-0.05, 0) is 58.1 Å². The van der Waals surface area contributed by atoms with Gasteiger partial charge in [0.2, 0.25) is 0 Å². The van der Waals surface area contributed by atoms with Crippen LogP contribution in [-0.4, -0.2) is 57.3 Å². The van der Waals surface area contributed by atoms with E-state index in [0.29, 0.717) is 12.5 Å². The number of benzene rings is 1. The minimum absolute atomic E-state index is 0.689. The van der Waals surface area contributed by atoms with Gasteiger partial charge in [0.15, 0.2) is 0 Å². The molecule has 0 aliphatic carbocycles. The van der Waals surface area contributed by atoms with Crippen molar-refractivity contribution in [2.75, 3.05) is 47.5 Å². The molecule has 1 aliphatic rings. The highest BCUT2D eigenvalue weighted by Gasteiger charge is 2.17. The second-order valence-corrected chi connectivity index (χ2v) is 6.54. The molecule has 4 heteroatoms. The van der Waals surface area contributed by atoms with Crippen LogP contribution >= 0.6 is 0 Å².